The molecular formula is C11H12BrN3. The van der Waals surface area contributed by atoms with Crippen molar-refractivity contribution in [3.8, 4) is 0 Å². The molecule has 0 saturated heterocycles. The van der Waals surface area contributed by atoms with Crippen molar-refractivity contribution in [3.05, 3.63) is 40.5 Å². The molecule has 0 saturated carbocycles. The zero-order chi connectivity index (χ0) is 10.8. The minimum absolute atomic E-state index is 0.971. The second kappa shape index (κ2) is 4.06. The zero-order valence-electron chi connectivity index (χ0n) is 8.66. The van der Waals surface area contributed by atoms with Crippen LogP contribution in [0.25, 0.3) is 0 Å². The number of nitrogens with zero attached hydrogens (tertiary/aromatic N) is 2. The third kappa shape index (κ3) is 2.04. The highest BCUT2D eigenvalue weighted by Crippen LogP contribution is 2.27. The van der Waals surface area contributed by atoms with Gasteiger partial charge < -0.3 is 5.32 Å². The number of halogens is 1. The van der Waals surface area contributed by atoms with Crippen molar-refractivity contribution < 1.29 is 0 Å². The van der Waals surface area contributed by atoms with Gasteiger partial charge in [0.05, 0.1) is 10.2 Å². The van der Waals surface area contributed by atoms with Crippen molar-refractivity contribution in [2.24, 2.45) is 7.05 Å². The lowest BCUT2D eigenvalue weighted by molar-refractivity contribution is 0.765. The molecule has 1 heterocycles. The van der Waals surface area contributed by atoms with Crippen LogP contribution in [0.5, 0.6) is 0 Å². The molecule has 3 nitrogen and oxygen atoms in total. The molecule has 2 rings (SSSR count). The second-order valence-corrected chi connectivity index (χ2v) is 4.16. The number of hydrogen-bond acceptors (Lipinski definition) is 2. The number of aromatic nitrogens is 2. The highest BCUT2D eigenvalue weighted by Gasteiger charge is 2.09. The Hall–Kier alpha value is -1.29. The molecule has 0 radical (unpaired) electrons. The van der Waals surface area contributed by atoms with Crippen LogP contribution in [0, 0.1) is 6.92 Å². The fourth-order valence-corrected chi connectivity index (χ4v) is 1.86. The summed E-state index contributed by atoms with van der Waals surface area (Å²) in [6.45, 7) is 1.97. The topological polar surface area (TPSA) is 29.9 Å². The SMILES string of the molecule is Cc1nn(C)c(Nc2ccccc2)c1Br. The molecule has 78 valence electrons. The van der Waals surface area contributed by atoms with E-state index in [0.717, 1.165) is 21.7 Å². The van der Waals surface area contributed by atoms with E-state index < -0.39 is 0 Å². The van der Waals surface area contributed by atoms with Crippen LogP contribution in [0.15, 0.2) is 34.8 Å². The van der Waals surface area contributed by atoms with Gasteiger partial charge in [-0.25, -0.2) is 0 Å². The average molecular weight is 266 g/mol. The van der Waals surface area contributed by atoms with E-state index in [2.05, 4.69) is 26.3 Å². The van der Waals surface area contributed by atoms with Gasteiger partial charge in [0, 0.05) is 12.7 Å². The normalized spacial score (nSPS) is 10.3. The molecule has 0 atom stereocenters. The summed E-state index contributed by atoms with van der Waals surface area (Å²) in [6.07, 6.45) is 0. The van der Waals surface area contributed by atoms with Crippen molar-refractivity contribution in [3.63, 3.8) is 0 Å². The first-order chi connectivity index (χ1) is 7.18. The molecule has 1 aromatic heterocycles. The minimum Gasteiger partial charge on any atom is -0.339 e. The van der Waals surface area contributed by atoms with Gasteiger partial charge in [-0.2, -0.15) is 5.10 Å². The van der Waals surface area contributed by atoms with Crippen molar-refractivity contribution >= 4 is 27.4 Å². The van der Waals surface area contributed by atoms with Gasteiger partial charge in [0.25, 0.3) is 0 Å². The molecule has 0 aliphatic carbocycles. The standard InChI is InChI=1S/C11H12BrN3/c1-8-10(12)11(15(2)14-8)13-9-6-4-3-5-7-9/h3-7,13H,1-2H3. The summed E-state index contributed by atoms with van der Waals surface area (Å²) in [5, 5.41) is 7.63. The maximum absolute atomic E-state index is 4.31. The maximum atomic E-state index is 4.31. The Bertz CT molecular complexity index is 462. The van der Waals surface area contributed by atoms with E-state index in [9.17, 15) is 0 Å². The highest BCUT2D eigenvalue weighted by atomic mass is 79.9. The molecule has 0 aliphatic heterocycles. The van der Waals surface area contributed by atoms with Crippen molar-refractivity contribution in [2.45, 2.75) is 6.92 Å². The van der Waals surface area contributed by atoms with Crippen LogP contribution in [0.1, 0.15) is 5.69 Å². The van der Waals surface area contributed by atoms with Crippen LogP contribution in [0.2, 0.25) is 0 Å². The third-order valence-corrected chi connectivity index (χ3v) is 3.14. The predicted molar refractivity (Wildman–Crippen MR) is 65.4 cm³/mol. The molecule has 0 spiro atoms. The third-order valence-electron chi connectivity index (χ3n) is 2.19. The zero-order valence-corrected chi connectivity index (χ0v) is 10.2. The average Bonchev–Trinajstić information content (AvgIpc) is 2.47. The van der Waals surface area contributed by atoms with Gasteiger partial charge in [-0.05, 0) is 35.0 Å². The van der Waals surface area contributed by atoms with E-state index in [4.69, 9.17) is 0 Å². The molecule has 2 aromatic rings. The van der Waals surface area contributed by atoms with Crippen molar-refractivity contribution in [1.29, 1.82) is 0 Å². The van der Waals surface area contributed by atoms with Crippen LogP contribution in [-0.4, -0.2) is 9.78 Å². The van der Waals surface area contributed by atoms with Crippen LogP contribution in [0.3, 0.4) is 0 Å². The fraction of sp³-hybridized carbons (Fsp3) is 0.182. The van der Waals surface area contributed by atoms with Gasteiger partial charge in [0.15, 0.2) is 0 Å². The van der Waals surface area contributed by atoms with E-state index >= 15 is 0 Å². The smallest absolute Gasteiger partial charge is 0.143 e. The molecule has 0 bridgehead atoms. The fourth-order valence-electron chi connectivity index (χ4n) is 1.43. The number of aryl methyl sites for hydroxylation is 2. The predicted octanol–water partition coefficient (Wildman–Crippen LogP) is 3.23. The van der Waals surface area contributed by atoms with Crippen molar-refractivity contribution in [2.75, 3.05) is 5.32 Å². The highest BCUT2D eigenvalue weighted by molar-refractivity contribution is 9.10. The Morgan fingerprint density at radius 1 is 1.27 bits per heavy atom. The Balaban J connectivity index is 2.32. The Labute approximate surface area is 97.2 Å². The second-order valence-electron chi connectivity index (χ2n) is 3.36. The first-order valence-corrected chi connectivity index (χ1v) is 5.49. The molecule has 15 heavy (non-hydrogen) atoms. The first-order valence-electron chi connectivity index (χ1n) is 4.69. The molecule has 1 N–H and O–H groups in total. The van der Waals surface area contributed by atoms with E-state index in [1.54, 1.807) is 0 Å². The van der Waals surface area contributed by atoms with Gasteiger partial charge in [0.2, 0.25) is 0 Å². The van der Waals surface area contributed by atoms with Crippen LogP contribution < -0.4 is 5.32 Å². The number of anilines is 2. The van der Waals surface area contributed by atoms with Gasteiger partial charge in [-0.1, -0.05) is 18.2 Å². The monoisotopic (exact) mass is 265 g/mol. The Morgan fingerprint density at radius 3 is 2.47 bits per heavy atom. The number of hydrogen-bond donors (Lipinski definition) is 1. The van der Waals surface area contributed by atoms with Crippen LogP contribution in [0.4, 0.5) is 11.5 Å². The lowest BCUT2D eigenvalue weighted by Crippen LogP contribution is -1.99. The molecule has 1 aromatic carbocycles. The van der Waals surface area contributed by atoms with Crippen LogP contribution >= 0.6 is 15.9 Å². The minimum atomic E-state index is 0.971. The van der Waals surface area contributed by atoms with E-state index in [1.807, 2.05) is 49.0 Å². The summed E-state index contributed by atoms with van der Waals surface area (Å²) >= 11 is 3.51. The molecule has 4 heteroatoms. The van der Waals surface area contributed by atoms with Gasteiger partial charge >= 0.3 is 0 Å². The first kappa shape index (κ1) is 10.2. The summed E-state index contributed by atoms with van der Waals surface area (Å²) in [5.74, 6) is 0.971. The summed E-state index contributed by atoms with van der Waals surface area (Å²) in [5.41, 5.74) is 2.04. The maximum Gasteiger partial charge on any atom is 0.143 e. The molecule has 0 aliphatic rings. The van der Waals surface area contributed by atoms with Gasteiger partial charge in [-0.15, -0.1) is 0 Å². The lowest BCUT2D eigenvalue weighted by atomic mass is 10.3. The number of nitrogens with one attached hydrogen (secondary N) is 1. The lowest BCUT2D eigenvalue weighted by Gasteiger charge is -2.06. The molecule has 0 fully saturated rings. The van der Waals surface area contributed by atoms with E-state index in [1.165, 1.54) is 0 Å². The molecular weight excluding hydrogens is 254 g/mol. The molecule has 0 amide bonds. The Kier molecular flexibility index (Phi) is 2.77. The van der Waals surface area contributed by atoms with Gasteiger partial charge in [0.1, 0.15) is 5.82 Å². The summed E-state index contributed by atoms with van der Waals surface area (Å²) in [7, 11) is 1.92. The molecule has 0 unspecified atom stereocenters. The Morgan fingerprint density at radius 2 is 1.93 bits per heavy atom. The van der Waals surface area contributed by atoms with Crippen LogP contribution in [-0.2, 0) is 7.05 Å². The van der Waals surface area contributed by atoms with Gasteiger partial charge in [-0.3, -0.25) is 4.68 Å². The number of rotatable bonds is 2. The summed E-state index contributed by atoms with van der Waals surface area (Å²) < 4.78 is 2.83. The van der Waals surface area contributed by atoms with E-state index in [0.29, 0.717) is 0 Å². The number of benzene rings is 1. The van der Waals surface area contributed by atoms with E-state index in [-0.39, 0.29) is 0 Å². The quantitative estimate of drug-likeness (QED) is 0.904. The summed E-state index contributed by atoms with van der Waals surface area (Å²) in [6, 6.07) is 10.0. The largest absolute Gasteiger partial charge is 0.339 e. The van der Waals surface area contributed by atoms with Crippen molar-refractivity contribution in [1.82, 2.24) is 9.78 Å². The number of para-hydroxylation sites is 1. The summed E-state index contributed by atoms with van der Waals surface area (Å²) in [4.78, 5) is 0.